The second-order valence-electron chi connectivity index (χ2n) is 11.6. The topological polar surface area (TPSA) is 118 Å². The van der Waals surface area contributed by atoms with Crippen LogP contribution in [0.2, 0.25) is 0 Å². The number of thiazole rings is 1. The highest BCUT2D eigenvalue weighted by atomic mass is 32.2. The number of hydrogen-bond donors (Lipinski definition) is 1. The van der Waals surface area contributed by atoms with Crippen molar-refractivity contribution < 1.29 is 23.9 Å². The minimum Gasteiger partial charge on any atom is -0.462 e. The number of benzene rings is 3. The highest BCUT2D eigenvalue weighted by Crippen LogP contribution is 2.54. The molecule has 1 saturated heterocycles. The molecule has 1 aromatic heterocycles. The minimum atomic E-state index is -0.831. The number of imide groups is 1. The molecule has 0 spiro atoms. The largest absolute Gasteiger partial charge is 0.462 e. The number of hydrogen-bond acceptors (Lipinski definition) is 9. The molecule has 0 unspecified atom stereocenters. The van der Waals surface area contributed by atoms with Gasteiger partial charge < -0.3 is 15.0 Å². The number of esters is 1. The van der Waals surface area contributed by atoms with Crippen molar-refractivity contribution in [1.82, 2.24) is 4.57 Å². The lowest BCUT2D eigenvalue weighted by molar-refractivity contribution is -0.122. The summed E-state index contributed by atoms with van der Waals surface area (Å²) in [4.78, 5) is 71.0. The highest BCUT2D eigenvalue weighted by Gasteiger charge is 2.56. The first-order valence-electron chi connectivity index (χ1n) is 15.9. The number of anilines is 3. The summed E-state index contributed by atoms with van der Waals surface area (Å²) < 4.78 is 6.49. The Kier molecular flexibility index (Phi) is 9.56. The summed E-state index contributed by atoms with van der Waals surface area (Å²) in [6.07, 6.45) is 0. The van der Waals surface area contributed by atoms with Gasteiger partial charge in [-0.15, -0.1) is 0 Å². The Morgan fingerprint density at radius 2 is 1.54 bits per heavy atom. The number of fused-ring (bicyclic) bond motifs is 2. The van der Waals surface area contributed by atoms with E-state index in [0.717, 1.165) is 53.0 Å². The van der Waals surface area contributed by atoms with Crippen LogP contribution in [-0.2, 0) is 25.7 Å². The molecule has 3 aromatic carbocycles. The lowest BCUT2D eigenvalue weighted by atomic mass is 9.83. The molecule has 48 heavy (non-hydrogen) atoms. The van der Waals surface area contributed by atoms with E-state index >= 15 is 0 Å². The van der Waals surface area contributed by atoms with Crippen LogP contribution in [0.15, 0.2) is 82.6 Å². The highest BCUT2D eigenvalue weighted by molar-refractivity contribution is 8.00. The number of amides is 3. The summed E-state index contributed by atoms with van der Waals surface area (Å²) in [6, 6.07) is 21.5. The zero-order chi connectivity index (χ0) is 34.1. The SMILES string of the molecule is CCOC(=O)c1ccc(N2C(=O)[C@H]3[C@H](c4ccc(N(CC)CC)cc4)c4sc(=O)n(CC(=O)Nc5ccc(C)cc5)c4S[C@H]3C2=O)cc1. The van der Waals surface area contributed by atoms with Crippen molar-refractivity contribution >= 4 is 63.9 Å². The van der Waals surface area contributed by atoms with Crippen molar-refractivity contribution in [3.63, 3.8) is 0 Å². The van der Waals surface area contributed by atoms with E-state index in [9.17, 15) is 24.0 Å². The first-order chi connectivity index (χ1) is 23.1. The molecule has 4 aromatic rings. The van der Waals surface area contributed by atoms with E-state index in [4.69, 9.17) is 4.74 Å². The number of ether oxygens (including phenoxy) is 1. The number of nitrogens with zero attached hydrogens (tertiary/aromatic N) is 3. The lowest BCUT2D eigenvalue weighted by Gasteiger charge is -2.31. The van der Waals surface area contributed by atoms with Crippen LogP contribution in [0.25, 0.3) is 0 Å². The Bertz CT molecular complexity index is 1910. The molecule has 2 aliphatic heterocycles. The monoisotopic (exact) mass is 684 g/mol. The fraction of sp³-hybridized carbons (Fsp3) is 0.306. The number of aryl methyl sites for hydroxylation is 1. The Morgan fingerprint density at radius 1 is 0.875 bits per heavy atom. The van der Waals surface area contributed by atoms with Crippen molar-refractivity contribution in [1.29, 1.82) is 0 Å². The number of thioether (sulfide) groups is 1. The van der Waals surface area contributed by atoms with Gasteiger partial charge in [0.15, 0.2) is 0 Å². The van der Waals surface area contributed by atoms with Gasteiger partial charge in [-0.05, 0) is 81.8 Å². The predicted octanol–water partition coefficient (Wildman–Crippen LogP) is 5.68. The molecule has 1 fully saturated rings. The van der Waals surface area contributed by atoms with Crippen molar-refractivity contribution in [3.8, 4) is 0 Å². The molecule has 0 aliphatic carbocycles. The van der Waals surface area contributed by atoms with Crippen molar-refractivity contribution in [2.75, 3.05) is 34.8 Å². The molecule has 0 saturated carbocycles. The van der Waals surface area contributed by atoms with Crippen LogP contribution in [-0.4, -0.2) is 53.2 Å². The number of carbonyl (C=O) groups is 4. The first-order valence-corrected chi connectivity index (χ1v) is 17.6. The molecular formula is C36H36N4O6S2. The van der Waals surface area contributed by atoms with Gasteiger partial charge in [-0.3, -0.25) is 23.7 Å². The van der Waals surface area contributed by atoms with Gasteiger partial charge >= 0.3 is 10.8 Å². The molecule has 1 N–H and O–H groups in total. The van der Waals surface area contributed by atoms with E-state index in [2.05, 4.69) is 24.1 Å². The summed E-state index contributed by atoms with van der Waals surface area (Å²) in [5, 5.41) is 2.54. The van der Waals surface area contributed by atoms with Gasteiger partial charge in [0.2, 0.25) is 17.7 Å². The van der Waals surface area contributed by atoms with E-state index < -0.39 is 29.0 Å². The Balaban J connectivity index is 1.38. The average Bonchev–Trinajstić information content (AvgIpc) is 3.53. The van der Waals surface area contributed by atoms with Gasteiger partial charge in [-0.1, -0.05) is 52.9 Å². The summed E-state index contributed by atoms with van der Waals surface area (Å²) in [7, 11) is 0. The van der Waals surface area contributed by atoms with Crippen molar-refractivity contribution in [2.45, 2.75) is 50.4 Å². The molecule has 0 radical (unpaired) electrons. The molecule has 12 heteroatoms. The summed E-state index contributed by atoms with van der Waals surface area (Å²) in [5.41, 5.74) is 4.16. The van der Waals surface area contributed by atoms with Crippen LogP contribution in [0.3, 0.4) is 0 Å². The second-order valence-corrected chi connectivity index (χ2v) is 13.7. The number of carbonyl (C=O) groups excluding carboxylic acids is 4. The van der Waals surface area contributed by atoms with Gasteiger partial charge in [0, 0.05) is 35.3 Å². The first kappa shape index (κ1) is 33.2. The van der Waals surface area contributed by atoms with E-state index in [0.29, 0.717) is 26.8 Å². The maximum absolute atomic E-state index is 14.3. The molecule has 6 rings (SSSR count). The van der Waals surface area contributed by atoms with Crippen LogP contribution in [0.1, 0.15) is 53.1 Å². The Morgan fingerprint density at radius 3 is 2.17 bits per heavy atom. The molecule has 3 heterocycles. The van der Waals surface area contributed by atoms with Crippen LogP contribution in [0.5, 0.6) is 0 Å². The quantitative estimate of drug-likeness (QED) is 0.168. The predicted molar refractivity (Wildman–Crippen MR) is 188 cm³/mol. The lowest BCUT2D eigenvalue weighted by Crippen LogP contribution is -2.33. The third kappa shape index (κ3) is 6.17. The normalized spacial score (nSPS) is 18.3. The van der Waals surface area contributed by atoms with Gasteiger partial charge in [0.1, 0.15) is 11.8 Å². The van der Waals surface area contributed by atoms with E-state index in [1.807, 2.05) is 43.3 Å². The van der Waals surface area contributed by atoms with Gasteiger partial charge in [0.05, 0.1) is 28.8 Å². The minimum absolute atomic E-state index is 0.227. The fourth-order valence-corrected chi connectivity index (χ4v) is 9.07. The average molecular weight is 685 g/mol. The number of nitrogens with one attached hydrogen (secondary N) is 1. The zero-order valence-electron chi connectivity index (χ0n) is 27.1. The molecule has 2 aliphatic rings. The molecule has 0 bridgehead atoms. The zero-order valence-corrected chi connectivity index (χ0v) is 28.7. The molecular weight excluding hydrogens is 649 g/mol. The maximum atomic E-state index is 14.3. The molecule has 10 nitrogen and oxygen atoms in total. The van der Waals surface area contributed by atoms with E-state index in [1.165, 1.54) is 21.6 Å². The van der Waals surface area contributed by atoms with Gasteiger partial charge in [-0.25, -0.2) is 9.69 Å². The van der Waals surface area contributed by atoms with Crippen molar-refractivity contribution in [3.05, 3.63) is 104 Å². The molecule has 3 atom stereocenters. The summed E-state index contributed by atoms with van der Waals surface area (Å²) in [5.74, 6) is -3.03. The maximum Gasteiger partial charge on any atom is 0.338 e. The third-order valence-corrected chi connectivity index (χ3v) is 11.3. The number of aromatic nitrogens is 1. The molecule has 248 valence electrons. The van der Waals surface area contributed by atoms with Gasteiger partial charge in [-0.2, -0.15) is 0 Å². The Labute approximate surface area is 286 Å². The van der Waals surface area contributed by atoms with Crippen LogP contribution >= 0.6 is 23.1 Å². The van der Waals surface area contributed by atoms with Crippen molar-refractivity contribution in [2.24, 2.45) is 5.92 Å². The van der Waals surface area contributed by atoms with Crippen LogP contribution in [0, 0.1) is 12.8 Å². The summed E-state index contributed by atoms with van der Waals surface area (Å²) in [6.45, 7) is 9.48. The van der Waals surface area contributed by atoms with Gasteiger partial charge in [0.25, 0.3) is 0 Å². The number of rotatable bonds is 10. The summed E-state index contributed by atoms with van der Waals surface area (Å²) >= 11 is 2.17. The van der Waals surface area contributed by atoms with E-state index in [1.54, 1.807) is 31.2 Å². The second kappa shape index (κ2) is 13.8. The Hall–Kier alpha value is -4.68. The van der Waals surface area contributed by atoms with Crippen LogP contribution in [0.4, 0.5) is 17.1 Å². The molecule has 3 amide bonds. The van der Waals surface area contributed by atoms with E-state index in [-0.39, 0.29) is 29.8 Å². The fourth-order valence-electron chi connectivity index (χ4n) is 6.29. The standard InChI is InChI=1S/C36H36N4O6S2/c1-5-38(6-2)25-16-10-22(11-17-25)28-29-30(33(43)40(32(29)42)26-18-12-23(13-19-26)35(44)46-7-3)47-34-31(28)48-36(45)39(34)20-27(41)37-24-14-8-21(4)9-15-24/h8-19,28-30H,5-7,20H2,1-4H3,(H,37,41)/t28-,29-,30+/m0/s1. The third-order valence-electron chi connectivity index (χ3n) is 8.70. The smallest absolute Gasteiger partial charge is 0.338 e. The van der Waals surface area contributed by atoms with Crippen LogP contribution < -0.4 is 20.0 Å².